The molecular formula is C15H31N3O4S. The maximum Gasteiger partial charge on any atom is 0.303 e. The van der Waals surface area contributed by atoms with E-state index < -0.39 is 11.5 Å². The van der Waals surface area contributed by atoms with E-state index in [1.54, 1.807) is 13.8 Å². The molecule has 0 aromatic rings. The van der Waals surface area contributed by atoms with Crippen LogP contribution in [-0.4, -0.2) is 59.8 Å². The predicted octanol–water partition coefficient (Wildman–Crippen LogP) is 0.562. The summed E-state index contributed by atoms with van der Waals surface area (Å²) in [5.41, 5.74) is 10.6. The van der Waals surface area contributed by atoms with Crippen LogP contribution in [0.3, 0.4) is 0 Å². The zero-order valence-corrected chi connectivity index (χ0v) is 15.2. The van der Waals surface area contributed by atoms with Gasteiger partial charge in [0.15, 0.2) is 0 Å². The van der Waals surface area contributed by atoms with Crippen molar-refractivity contribution in [3.05, 3.63) is 0 Å². The maximum atomic E-state index is 11.1. The van der Waals surface area contributed by atoms with Crippen LogP contribution in [0.1, 0.15) is 39.5 Å². The van der Waals surface area contributed by atoms with Crippen molar-refractivity contribution in [2.75, 3.05) is 32.6 Å². The van der Waals surface area contributed by atoms with Crippen molar-refractivity contribution in [3.63, 3.8) is 0 Å². The smallest absolute Gasteiger partial charge is 0.303 e. The lowest BCUT2D eigenvalue weighted by Gasteiger charge is -2.34. The van der Waals surface area contributed by atoms with E-state index in [2.05, 4.69) is 11.6 Å². The summed E-state index contributed by atoms with van der Waals surface area (Å²) in [5.74, 6) is -1.25. The van der Waals surface area contributed by atoms with Gasteiger partial charge in [-0.2, -0.15) is 11.8 Å². The molecule has 0 aliphatic carbocycles. The first-order valence-electron chi connectivity index (χ1n) is 7.76. The zero-order chi connectivity index (χ0) is 17.9. The number of ether oxygens (including phenoxy) is 1. The summed E-state index contributed by atoms with van der Waals surface area (Å²) >= 11 is 1.89. The molecule has 1 rings (SSSR count). The van der Waals surface area contributed by atoms with E-state index in [4.69, 9.17) is 21.3 Å². The molecule has 0 unspecified atom stereocenters. The van der Waals surface area contributed by atoms with Gasteiger partial charge in [0.05, 0.1) is 6.42 Å². The molecule has 8 heteroatoms. The lowest BCUT2D eigenvalue weighted by molar-refractivity contribution is -0.139. The molecule has 6 N–H and O–H groups in total. The highest BCUT2D eigenvalue weighted by molar-refractivity contribution is 8.00. The fraction of sp³-hybridized carbons (Fsp3) is 0.867. The number of nitrogens with one attached hydrogen (secondary N) is 1. The number of hydrogen-bond donors (Lipinski definition) is 4. The van der Waals surface area contributed by atoms with E-state index in [-0.39, 0.29) is 18.7 Å². The number of carbonyl (C=O) groups excluding carboxylic acids is 1. The summed E-state index contributed by atoms with van der Waals surface area (Å²) in [6.07, 6.45) is 4.22. The van der Waals surface area contributed by atoms with Gasteiger partial charge in [0.2, 0.25) is 5.91 Å². The van der Waals surface area contributed by atoms with Gasteiger partial charge in [-0.15, -0.1) is 0 Å². The highest BCUT2D eigenvalue weighted by Crippen LogP contribution is 2.32. The molecular weight excluding hydrogens is 318 g/mol. The van der Waals surface area contributed by atoms with Crippen molar-refractivity contribution in [2.24, 2.45) is 11.5 Å². The second-order valence-electron chi connectivity index (χ2n) is 6.23. The standard InChI is InChI=1S/C8H16N2O3.C7H15NOS/c1-8(2,5-9)10-6(11)3-4-7(12)13;1-10-7(6-8)2-4-9-5-3-7/h3-5,9H2,1-2H3,(H,10,11)(H,12,13);2-6,8H2,1H3. The van der Waals surface area contributed by atoms with Crippen LogP contribution in [0.5, 0.6) is 0 Å². The average Bonchev–Trinajstić information content (AvgIpc) is 2.54. The van der Waals surface area contributed by atoms with Gasteiger partial charge in [-0.3, -0.25) is 9.59 Å². The summed E-state index contributed by atoms with van der Waals surface area (Å²) < 4.78 is 5.59. The second kappa shape index (κ2) is 10.9. The molecule has 1 fully saturated rings. The molecule has 0 aromatic heterocycles. The molecule has 1 amide bonds. The molecule has 0 radical (unpaired) electrons. The first kappa shape index (κ1) is 22.2. The van der Waals surface area contributed by atoms with Crippen molar-refractivity contribution in [1.82, 2.24) is 5.32 Å². The Morgan fingerprint density at radius 1 is 1.26 bits per heavy atom. The number of carboxylic acid groups (broad SMARTS) is 1. The Balaban J connectivity index is 0.000000433. The summed E-state index contributed by atoms with van der Waals surface area (Å²) in [6.45, 7) is 6.46. The molecule has 0 aromatic carbocycles. The highest BCUT2D eigenvalue weighted by Gasteiger charge is 2.29. The molecule has 0 saturated carbocycles. The Morgan fingerprint density at radius 2 is 1.83 bits per heavy atom. The second-order valence-corrected chi connectivity index (χ2v) is 7.51. The number of hydrogen-bond acceptors (Lipinski definition) is 6. The number of carbonyl (C=O) groups is 2. The number of rotatable bonds is 7. The largest absolute Gasteiger partial charge is 0.481 e. The van der Waals surface area contributed by atoms with Crippen LogP contribution in [0.2, 0.25) is 0 Å². The van der Waals surface area contributed by atoms with Crippen LogP contribution < -0.4 is 16.8 Å². The van der Waals surface area contributed by atoms with Gasteiger partial charge in [0, 0.05) is 43.0 Å². The lowest BCUT2D eigenvalue weighted by atomic mass is 9.99. The van der Waals surface area contributed by atoms with E-state index in [0.29, 0.717) is 11.3 Å². The van der Waals surface area contributed by atoms with Gasteiger partial charge in [-0.1, -0.05) is 0 Å². The minimum Gasteiger partial charge on any atom is -0.481 e. The van der Waals surface area contributed by atoms with Gasteiger partial charge in [0.25, 0.3) is 0 Å². The number of thioether (sulfide) groups is 1. The molecule has 1 saturated heterocycles. The average molecular weight is 349 g/mol. The summed E-state index contributed by atoms with van der Waals surface area (Å²) in [6, 6.07) is 0. The van der Waals surface area contributed by atoms with E-state index in [1.165, 1.54) is 0 Å². The predicted molar refractivity (Wildman–Crippen MR) is 93.5 cm³/mol. The first-order valence-corrected chi connectivity index (χ1v) is 8.98. The summed E-state index contributed by atoms with van der Waals surface area (Å²) in [7, 11) is 0. The topological polar surface area (TPSA) is 128 Å². The molecule has 136 valence electrons. The van der Waals surface area contributed by atoms with Crippen molar-refractivity contribution in [1.29, 1.82) is 0 Å². The van der Waals surface area contributed by atoms with Crippen LogP contribution in [0.4, 0.5) is 0 Å². The van der Waals surface area contributed by atoms with E-state index >= 15 is 0 Å². The van der Waals surface area contributed by atoms with Crippen LogP contribution in [0.25, 0.3) is 0 Å². The Labute approximate surface area is 142 Å². The third-order valence-corrected chi connectivity index (χ3v) is 5.20. The molecule has 0 bridgehead atoms. The van der Waals surface area contributed by atoms with Gasteiger partial charge in [-0.25, -0.2) is 0 Å². The number of carboxylic acids is 1. The van der Waals surface area contributed by atoms with E-state index in [0.717, 1.165) is 32.6 Å². The quantitative estimate of drug-likeness (QED) is 0.529. The highest BCUT2D eigenvalue weighted by atomic mass is 32.2. The zero-order valence-electron chi connectivity index (χ0n) is 14.4. The fourth-order valence-electron chi connectivity index (χ4n) is 1.95. The molecule has 0 spiro atoms. The van der Waals surface area contributed by atoms with E-state index in [9.17, 15) is 9.59 Å². The monoisotopic (exact) mass is 349 g/mol. The normalized spacial score (nSPS) is 16.9. The Hall–Kier alpha value is -0.830. The lowest BCUT2D eigenvalue weighted by Crippen LogP contribution is -2.48. The van der Waals surface area contributed by atoms with Crippen molar-refractivity contribution in [2.45, 2.75) is 49.8 Å². The number of amides is 1. The first-order chi connectivity index (χ1) is 10.7. The molecule has 0 atom stereocenters. The Morgan fingerprint density at radius 3 is 2.17 bits per heavy atom. The molecule has 1 aliphatic heterocycles. The molecule has 23 heavy (non-hydrogen) atoms. The molecule has 7 nitrogen and oxygen atoms in total. The van der Waals surface area contributed by atoms with Gasteiger partial charge < -0.3 is 26.6 Å². The van der Waals surface area contributed by atoms with E-state index in [1.807, 2.05) is 11.8 Å². The fourth-order valence-corrected chi connectivity index (χ4v) is 2.69. The maximum absolute atomic E-state index is 11.1. The number of nitrogens with two attached hydrogens (primary N) is 2. The van der Waals surface area contributed by atoms with Crippen LogP contribution in [0.15, 0.2) is 0 Å². The van der Waals surface area contributed by atoms with Gasteiger partial charge in [0.1, 0.15) is 0 Å². The Bertz CT molecular complexity index is 366. The van der Waals surface area contributed by atoms with Crippen LogP contribution in [0, 0.1) is 0 Å². The minimum atomic E-state index is -0.972. The third-order valence-electron chi connectivity index (χ3n) is 3.76. The SMILES string of the molecule is CC(C)(CN)NC(=O)CCC(=O)O.CSC1(CN)CCOCC1. The van der Waals surface area contributed by atoms with Crippen molar-refractivity contribution >= 4 is 23.6 Å². The van der Waals surface area contributed by atoms with Crippen molar-refractivity contribution < 1.29 is 19.4 Å². The van der Waals surface area contributed by atoms with Crippen molar-refractivity contribution in [3.8, 4) is 0 Å². The molecule has 1 heterocycles. The summed E-state index contributed by atoms with van der Waals surface area (Å²) in [4.78, 5) is 21.2. The van der Waals surface area contributed by atoms with Gasteiger partial charge >= 0.3 is 5.97 Å². The van der Waals surface area contributed by atoms with Gasteiger partial charge in [-0.05, 0) is 32.9 Å². The van der Waals surface area contributed by atoms with Crippen LogP contribution in [-0.2, 0) is 14.3 Å². The van der Waals surface area contributed by atoms with Crippen LogP contribution >= 0.6 is 11.8 Å². The molecule has 1 aliphatic rings. The number of aliphatic carboxylic acids is 1. The Kier molecular flexibility index (Phi) is 10.5. The minimum absolute atomic E-state index is 0.00123. The summed E-state index contributed by atoms with van der Waals surface area (Å²) in [5, 5.41) is 10.9. The third kappa shape index (κ3) is 9.80.